The van der Waals surface area contributed by atoms with Crippen LogP contribution in [0.5, 0.6) is 0 Å². The Bertz CT molecular complexity index is 1260. The number of aromatic nitrogens is 1. The number of aryl methyl sites for hydroxylation is 1. The summed E-state index contributed by atoms with van der Waals surface area (Å²) in [6.07, 6.45) is 17.9. The fourth-order valence-corrected chi connectivity index (χ4v) is 5.85. The van der Waals surface area contributed by atoms with Crippen LogP contribution in [0, 0.1) is 0 Å². The summed E-state index contributed by atoms with van der Waals surface area (Å²) in [5.74, 6) is 2.16. The van der Waals surface area contributed by atoms with Crippen molar-refractivity contribution < 1.29 is 4.57 Å². The molecule has 0 amide bonds. The average molecular weight is 573 g/mol. The fourth-order valence-electron chi connectivity index (χ4n) is 3.76. The van der Waals surface area contributed by atoms with E-state index >= 15 is 0 Å². The first-order chi connectivity index (χ1) is 19.5. The van der Waals surface area contributed by atoms with Gasteiger partial charge in [0, 0.05) is 75.4 Å². The topological polar surface area (TPSA) is 48.4 Å². The van der Waals surface area contributed by atoms with Gasteiger partial charge < -0.3 is 20.9 Å². The lowest BCUT2D eigenvalue weighted by Crippen LogP contribution is -2.25. The minimum atomic E-state index is 0.954. The van der Waals surface area contributed by atoms with Gasteiger partial charge in [-0.05, 0) is 58.8 Å². The number of hydrogen-bond donors (Lipinski definition) is 2. The second kappa shape index (κ2) is 17.2. The van der Waals surface area contributed by atoms with Gasteiger partial charge in [-0.25, -0.2) is 4.57 Å². The molecule has 3 aromatic rings. The van der Waals surface area contributed by atoms with Crippen LogP contribution in [-0.2, 0) is 7.05 Å². The van der Waals surface area contributed by atoms with Crippen molar-refractivity contribution in [3.8, 4) is 0 Å². The monoisotopic (exact) mass is 572 g/mol. The van der Waals surface area contributed by atoms with E-state index < -0.39 is 0 Å². The number of nitrogens with zero attached hydrogens (tertiary/aromatic N) is 3. The molecule has 7 heteroatoms. The smallest absolute Gasteiger partial charge is 0.169 e. The molecule has 2 aromatic carbocycles. The van der Waals surface area contributed by atoms with Gasteiger partial charge >= 0.3 is 0 Å². The van der Waals surface area contributed by atoms with E-state index in [2.05, 4.69) is 120 Å². The highest BCUT2D eigenvalue weighted by Gasteiger charge is 2.03. The van der Waals surface area contributed by atoms with Crippen molar-refractivity contribution in [1.29, 1.82) is 0 Å². The Balaban J connectivity index is 1.33. The molecule has 40 heavy (non-hydrogen) atoms. The average Bonchev–Trinajstić information content (AvgIpc) is 2.99. The molecule has 0 bridgehead atoms. The van der Waals surface area contributed by atoms with E-state index in [1.54, 1.807) is 6.20 Å². The zero-order valence-corrected chi connectivity index (χ0v) is 25.7. The van der Waals surface area contributed by atoms with Gasteiger partial charge in [-0.2, -0.15) is 0 Å². The van der Waals surface area contributed by atoms with E-state index in [1.807, 2.05) is 58.6 Å². The molecule has 0 aliphatic rings. The molecule has 0 aliphatic heterocycles. The molecule has 0 spiro atoms. The minimum absolute atomic E-state index is 0.954. The molecular weight excluding hydrogens is 531 g/mol. The third-order valence-electron chi connectivity index (χ3n) is 6.35. The second-order valence-corrected chi connectivity index (χ2v) is 12.1. The lowest BCUT2D eigenvalue weighted by atomic mass is 10.1. The maximum absolute atomic E-state index is 5.69. The van der Waals surface area contributed by atoms with Crippen molar-refractivity contribution in [2.45, 2.75) is 0 Å². The van der Waals surface area contributed by atoms with Crippen LogP contribution in [0.15, 0.2) is 103 Å². The van der Waals surface area contributed by atoms with Crippen LogP contribution in [0.4, 0.5) is 11.4 Å². The summed E-state index contributed by atoms with van der Waals surface area (Å²) >= 11 is 0. The molecule has 0 radical (unpaired) electrons. The van der Waals surface area contributed by atoms with Gasteiger partial charge in [0.05, 0.1) is 0 Å². The Morgan fingerprint density at radius 1 is 0.750 bits per heavy atom. The van der Waals surface area contributed by atoms with Gasteiger partial charge in [-0.15, -0.1) is 0 Å². The highest BCUT2D eigenvalue weighted by Crippen LogP contribution is 2.24. The Hall–Kier alpha value is -3.55. The molecule has 0 atom stereocenters. The Kier molecular flexibility index (Phi) is 13.3. The first kappa shape index (κ1) is 31.0. The lowest BCUT2D eigenvalue weighted by molar-refractivity contribution is -0.671. The van der Waals surface area contributed by atoms with Gasteiger partial charge in [-0.1, -0.05) is 70.2 Å². The van der Waals surface area contributed by atoms with Crippen LogP contribution < -0.4 is 25.4 Å². The van der Waals surface area contributed by atoms with Crippen LogP contribution in [0.3, 0.4) is 0 Å². The van der Waals surface area contributed by atoms with Crippen LogP contribution in [-0.4, -0.2) is 45.7 Å². The molecule has 3 N–H and O–H groups in total. The summed E-state index contributed by atoms with van der Waals surface area (Å²) in [4.78, 5) is 4.63. The van der Waals surface area contributed by atoms with E-state index in [0.717, 1.165) is 35.7 Å². The third-order valence-corrected chi connectivity index (χ3v) is 8.71. The molecule has 0 saturated heterocycles. The van der Waals surface area contributed by atoms with E-state index in [4.69, 9.17) is 5.73 Å². The Morgan fingerprint density at radius 2 is 1.23 bits per heavy atom. The molecule has 0 fully saturated rings. The predicted molar refractivity (Wildman–Crippen MR) is 180 cm³/mol. The highest BCUT2D eigenvalue weighted by atomic mass is 33.1. The molecule has 210 valence electrons. The number of benzene rings is 2. The standard InChI is InChI=1S/C33H42N5S2/c1-35-20-17-31(27-34)8-7-29-11-15-33(16-12-29)38(4)24-26-40-39-25-23-37(3)32-13-9-28(10-14-32)5-6-30-18-21-36(2)22-19-30/h5-22,27,35H,23-26,34H2,1-4H3/q+1/b8-7+,20-17-,31-27-. The van der Waals surface area contributed by atoms with Crippen molar-refractivity contribution in [3.05, 3.63) is 120 Å². The third kappa shape index (κ3) is 10.9. The van der Waals surface area contributed by atoms with Crippen molar-refractivity contribution in [2.75, 3.05) is 55.5 Å². The summed E-state index contributed by atoms with van der Waals surface area (Å²) in [5, 5.41) is 2.98. The minimum Gasteiger partial charge on any atom is -0.404 e. The number of nitrogens with one attached hydrogen (secondary N) is 1. The first-order valence-electron chi connectivity index (χ1n) is 13.4. The van der Waals surface area contributed by atoms with Crippen molar-refractivity contribution in [3.63, 3.8) is 0 Å². The number of pyridine rings is 1. The zero-order chi connectivity index (χ0) is 28.6. The van der Waals surface area contributed by atoms with Gasteiger partial charge in [0.2, 0.25) is 0 Å². The van der Waals surface area contributed by atoms with Crippen LogP contribution in [0.1, 0.15) is 16.7 Å². The maximum atomic E-state index is 5.69. The molecule has 0 unspecified atom stereocenters. The summed E-state index contributed by atoms with van der Waals surface area (Å²) in [7, 11) is 12.1. The van der Waals surface area contributed by atoms with E-state index in [0.29, 0.717) is 0 Å². The maximum Gasteiger partial charge on any atom is 0.169 e. The molecular formula is C33H42N5S2+. The molecule has 5 nitrogen and oxygen atoms in total. The van der Waals surface area contributed by atoms with Crippen molar-refractivity contribution in [2.24, 2.45) is 12.8 Å². The number of anilines is 2. The largest absolute Gasteiger partial charge is 0.404 e. The molecule has 0 saturated carbocycles. The SMILES string of the molecule is CN\C=C/C(=C\N)/C=C/c1ccc(N(C)CCSSCCN(C)c2ccc(/C=C/c3cc[n+](C)cc3)cc2)cc1. The van der Waals surface area contributed by atoms with E-state index in [1.165, 1.54) is 22.5 Å². The zero-order valence-electron chi connectivity index (χ0n) is 24.0. The summed E-state index contributed by atoms with van der Waals surface area (Å²) < 4.78 is 2.04. The number of rotatable bonds is 15. The number of nitrogens with two attached hydrogens (primary N) is 1. The summed E-state index contributed by atoms with van der Waals surface area (Å²) in [5.41, 5.74) is 12.7. The van der Waals surface area contributed by atoms with Crippen LogP contribution in [0.25, 0.3) is 18.2 Å². The predicted octanol–water partition coefficient (Wildman–Crippen LogP) is 6.22. The van der Waals surface area contributed by atoms with Crippen molar-refractivity contribution >= 4 is 51.2 Å². The van der Waals surface area contributed by atoms with Gasteiger partial charge in [0.1, 0.15) is 7.05 Å². The summed E-state index contributed by atoms with van der Waals surface area (Å²) in [6, 6.07) is 21.6. The van der Waals surface area contributed by atoms with Crippen LogP contribution >= 0.6 is 21.6 Å². The van der Waals surface area contributed by atoms with Crippen LogP contribution in [0.2, 0.25) is 0 Å². The van der Waals surface area contributed by atoms with Gasteiger partial charge in [0.15, 0.2) is 12.4 Å². The normalized spacial score (nSPS) is 12.1. The Labute approximate surface area is 248 Å². The quantitative estimate of drug-likeness (QED) is 0.0976. The number of allylic oxidation sites excluding steroid dienone is 3. The lowest BCUT2D eigenvalue weighted by Gasteiger charge is -2.20. The molecule has 1 aromatic heterocycles. The first-order valence-corrected chi connectivity index (χ1v) is 15.9. The molecule has 1 heterocycles. The molecule has 3 rings (SSSR count). The van der Waals surface area contributed by atoms with E-state index in [-0.39, 0.29) is 0 Å². The van der Waals surface area contributed by atoms with Crippen molar-refractivity contribution in [1.82, 2.24) is 5.32 Å². The number of hydrogen-bond acceptors (Lipinski definition) is 6. The van der Waals surface area contributed by atoms with Gasteiger partial charge in [-0.3, -0.25) is 0 Å². The summed E-state index contributed by atoms with van der Waals surface area (Å²) in [6.45, 7) is 2.03. The fraction of sp³-hybridized carbons (Fsp3) is 0.242. The highest BCUT2D eigenvalue weighted by molar-refractivity contribution is 8.76. The van der Waals surface area contributed by atoms with Gasteiger partial charge in [0.25, 0.3) is 0 Å². The Morgan fingerprint density at radius 3 is 1.70 bits per heavy atom. The van der Waals surface area contributed by atoms with E-state index in [9.17, 15) is 0 Å². The second-order valence-electron chi connectivity index (χ2n) is 9.42. The molecule has 0 aliphatic carbocycles.